The third-order valence-electron chi connectivity index (χ3n) is 8.50. The van der Waals surface area contributed by atoms with Crippen molar-refractivity contribution in [2.24, 2.45) is 16.2 Å². The lowest BCUT2D eigenvalue weighted by molar-refractivity contribution is -0.333. The van der Waals surface area contributed by atoms with E-state index in [2.05, 4.69) is 81.4 Å². The lowest BCUT2D eigenvalue weighted by Gasteiger charge is -2.49. The zero-order chi connectivity index (χ0) is 30.4. The summed E-state index contributed by atoms with van der Waals surface area (Å²) in [6.45, 7) is 23.4. The van der Waals surface area contributed by atoms with Crippen LogP contribution in [0.1, 0.15) is 91.5 Å². The summed E-state index contributed by atoms with van der Waals surface area (Å²) >= 11 is 0. The highest BCUT2D eigenvalue weighted by Crippen LogP contribution is 2.42. The molecule has 1 spiro atoms. The number of rotatable bonds is 6. The lowest BCUT2D eigenvalue weighted by atomic mass is 9.80. The first-order valence-electron chi connectivity index (χ1n) is 14.9. The molecule has 0 radical (unpaired) electrons. The van der Waals surface area contributed by atoms with E-state index < -0.39 is 0 Å². The van der Waals surface area contributed by atoms with Crippen molar-refractivity contribution in [3.05, 3.63) is 58.7 Å². The van der Waals surface area contributed by atoms with Gasteiger partial charge in [-0.25, -0.2) is 0 Å². The Morgan fingerprint density at radius 3 is 1.20 bits per heavy atom. The summed E-state index contributed by atoms with van der Waals surface area (Å²) in [4.78, 5) is 0. The van der Waals surface area contributed by atoms with E-state index in [-0.39, 0.29) is 39.7 Å². The minimum Gasteiger partial charge on any atom is -0.508 e. The van der Waals surface area contributed by atoms with Gasteiger partial charge in [0.05, 0.1) is 31.8 Å². The number of aromatic hydroxyl groups is 2. The molecule has 2 aromatic rings. The van der Waals surface area contributed by atoms with Gasteiger partial charge >= 0.3 is 0 Å². The van der Waals surface area contributed by atoms with Gasteiger partial charge in [0.2, 0.25) is 0 Å². The normalized spacial score (nSPS) is 24.5. The summed E-state index contributed by atoms with van der Waals surface area (Å²) in [5, 5.41) is 20.7. The highest BCUT2D eigenvalue weighted by molar-refractivity contribution is 5.42. The molecule has 4 rings (SSSR count). The third kappa shape index (κ3) is 7.27. The van der Waals surface area contributed by atoms with Gasteiger partial charge in [0, 0.05) is 10.8 Å². The fraction of sp³-hybridized carbons (Fsp3) is 0.657. The predicted octanol–water partition coefficient (Wildman–Crippen LogP) is 7.26. The van der Waals surface area contributed by atoms with Crippen LogP contribution < -0.4 is 0 Å². The van der Waals surface area contributed by atoms with Crippen molar-refractivity contribution < 1.29 is 29.2 Å². The highest BCUT2D eigenvalue weighted by atomic mass is 16.7. The molecule has 6 nitrogen and oxygen atoms in total. The number of benzene rings is 2. The monoisotopic (exact) mass is 568 g/mol. The number of hydrogen-bond acceptors (Lipinski definition) is 6. The molecule has 2 aliphatic heterocycles. The second-order valence-electron chi connectivity index (χ2n) is 15.9. The fourth-order valence-electron chi connectivity index (χ4n) is 6.07. The first kappa shape index (κ1) is 31.8. The minimum atomic E-state index is -0.347. The first-order chi connectivity index (χ1) is 18.8. The van der Waals surface area contributed by atoms with Crippen LogP contribution in [0.4, 0.5) is 0 Å². The quantitative estimate of drug-likeness (QED) is 0.382. The van der Waals surface area contributed by atoms with E-state index in [4.69, 9.17) is 18.9 Å². The molecule has 2 heterocycles. The molecule has 0 aromatic heterocycles. The number of phenols is 2. The SMILES string of the molecule is CC(C)(C)c1cc(CC(C)(C)C2OCC3(CO2)COC(C(C)(C)Cc2ccc(O)c(C(C)(C)C)c2)OC3)ccc1O. The summed E-state index contributed by atoms with van der Waals surface area (Å²) in [6, 6.07) is 11.8. The van der Waals surface area contributed by atoms with Gasteiger partial charge in [-0.3, -0.25) is 0 Å². The fourth-order valence-corrected chi connectivity index (χ4v) is 6.07. The first-order valence-corrected chi connectivity index (χ1v) is 14.9. The van der Waals surface area contributed by atoms with E-state index in [9.17, 15) is 10.2 Å². The van der Waals surface area contributed by atoms with Gasteiger partial charge in [0.25, 0.3) is 0 Å². The molecule has 2 fully saturated rings. The Kier molecular flexibility index (Phi) is 8.67. The second-order valence-corrected chi connectivity index (χ2v) is 15.9. The van der Waals surface area contributed by atoms with Crippen LogP contribution in [0.5, 0.6) is 11.5 Å². The van der Waals surface area contributed by atoms with Crippen molar-refractivity contribution in [1.82, 2.24) is 0 Å². The molecular weight excluding hydrogens is 516 g/mol. The van der Waals surface area contributed by atoms with Crippen LogP contribution in [0.2, 0.25) is 0 Å². The lowest BCUT2D eigenvalue weighted by Crippen LogP contribution is -2.56. The van der Waals surface area contributed by atoms with Crippen molar-refractivity contribution >= 4 is 0 Å². The Balaban J connectivity index is 1.34. The average molecular weight is 569 g/mol. The van der Waals surface area contributed by atoms with Crippen LogP contribution in [0, 0.1) is 16.2 Å². The van der Waals surface area contributed by atoms with E-state index in [0.29, 0.717) is 37.9 Å². The molecular formula is C35H52O6. The zero-order valence-corrected chi connectivity index (χ0v) is 26.9. The van der Waals surface area contributed by atoms with Gasteiger partial charge in [-0.2, -0.15) is 0 Å². The maximum absolute atomic E-state index is 10.4. The van der Waals surface area contributed by atoms with Crippen LogP contribution in [0.25, 0.3) is 0 Å². The van der Waals surface area contributed by atoms with E-state index in [1.165, 1.54) is 0 Å². The standard InChI is InChI=1S/C35H52O6/c1-31(2,3)25-15-23(11-13-27(25)36)17-33(7,8)29-38-19-35(20-39-29)21-40-30(41-22-35)34(9,10)18-24-12-14-28(37)26(16-24)32(4,5)6/h11-16,29-30,36-37H,17-22H2,1-10H3. The largest absolute Gasteiger partial charge is 0.508 e. The van der Waals surface area contributed by atoms with Gasteiger partial charge < -0.3 is 29.2 Å². The molecule has 2 saturated heterocycles. The van der Waals surface area contributed by atoms with Gasteiger partial charge in [-0.1, -0.05) is 93.5 Å². The van der Waals surface area contributed by atoms with Crippen LogP contribution in [0.15, 0.2) is 36.4 Å². The van der Waals surface area contributed by atoms with Gasteiger partial charge in [-0.05, 0) is 58.1 Å². The van der Waals surface area contributed by atoms with E-state index >= 15 is 0 Å². The maximum atomic E-state index is 10.4. The maximum Gasteiger partial charge on any atom is 0.162 e. The summed E-state index contributed by atoms with van der Waals surface area (Å²) < 4.78 is 25.4. The van der Waals surface area contributed by atoms with Crippen LogP contribution in [-0.4, -0.2) is 49.2 Å². The number of hydrogen-bond donors (Lipinski definition) is 2. The summed E-state index contributed by atoms with van der Waals surface area (Å²) in [5.74, 6) is 0.672. The molecule has 0 aliphatic carbocycles. The van der Waals surface area contributed by atoms with Crippen LogP contribution >= 0.6 is 0 Å². The molecule has 0 saturated carbocycles. The average Bonchev–Trinajstić information content (AvgIpc) is 2.85. The van der Waals surface area contributed by atoms with Gasteiger partial charge in [0.15, 0.2) is 12.6 Å². The molecule has 0 unspecified atom stereocenters. The Morgan fingerprint density at radius 1 is 0.585 bits per heavy atom. The number of phenolic OH excluding ortho intramolecular Hbond substituents is 2. The summed E-state index contributed by atoms with van der Waals surface area (Å²) in [7, 11) is 0. The molecule has 228 valence electrons. The Bertz CT molecular complexity index is 1100. The van der Waals surface area contributed by atoms with E-state index in [1.807, 2.05) is 12.1 Å². The molecule has 2 N–H and O–H groups in total. The third-order valence-corrected chi connectivity index (χ3v) is 8.50. The van der Waals surface area contributed by atoms with E-state index in [1.54, 1.807) is 12.1 Å². The predicted molar refractivity (Wildman–Crippen MR) is 162 cm³/mol. The zero-order valence-electron chi connectivity index (χ0n) is 26.9. The van der Waals surface area contributed by atoms with Crippen molar-refractivity contribution in [3.63, 3.8) is 0 Å². The van der Waals surface area contributed by atoms with Crippen molar-refractivity contribution in [1.29, 1.82) is 0 Å². The Hall–Kier alpha value is -2.12. The minimum absolute atomic E-state index is 0.138. The molecule has 0 bridgehead atoms. The highest BCUT2D eigenvalue weighted by Gasteiger charge is 2.47. The topological polar surface area (TPSA) is 77.4 Å². The molecule has 0 amide bonds. The number of ether oxygens (including phenoxy) is 4. The van der Waals surface area contributed by atoms with Crippen LogP contribution in [0.3, 0.4) is 0 Å². The Morgan fingerprint density at radius 2 is 0.902 bits per heavy atom. The molecule has 2 aromatic carbocycles. The Labute approximate surface area is 247 Å². The second kappa shape index (κ2) is 11.2. The van der Waals surface area contributed by atoms with Gasteiger partial charge in [0.1, 0.15) is 11.5 Å². The van der Waals surface area contributed by atoms with Crippen molar-refractivity contribution in [3.8, 4) is 11.5 Å². The molecule has 0 atom stereocenters. The van der Waals surface area contributed by atoms with Crippen molar-refractivity contribution in [2.75, 3.05) is 26.4 Å². The van der Waals surface area contributed by atoms with Crippen molar-refractivity contribution in [2.45, 2.75) is 105 Å². The van der Waals surface area contributed by atoms with Gasteiger partial charge in [-0.15, -0.1) is 0 Å². The molecule has 6 heteroatoms. The summed E-state index contributed by atoms with van der Waals surface area (Å²) in [6.07, 6.45) is 0.845. The van der Waals surface area contributed by atoms with E-state index in [0.717, 1.165) is 35.1 Å². The smallest absolute Gasteiger partial charge is 0.162 e. The van der Waals surface area contributed by atoms with Crippen LogP contribution in [-0.2, 0) is 42.6 Å². The summed E-state index contributed by atoms with van der Waals surface area (Å²) in [5.41, 5.74) is 3.09. The molecule has 41 heavy (non-hydrogen) atoms. The molecule has 2 aliphatic rings.